The van der Waals surface area contributed by atoms with Gasteiger partial charge in [-0.1, -0.05) is 18.2 Å². The number of fused-ring (bicyclic) bond motifs is 2. The maximum Gasteiger partial charge on any atom is 0.161 e. The molecular formula is C13H14O2. The Labute approximate surface area is 89.3 Å². The Morgan fingerprint density at radius 1 is 1.33 bits per heavy atom. The number of hydrogen-bond acceptors (Lipinski definition) is 2. The highest BCUT2D eigenvalue weighted by atomic mass is 16.5. The predicted octanol–water partition coefficient (Wildman–Crippen LogP) is 2.32. The molecule has 2 heteroatoms. The second kappa shape index (κ2) is 3.46. The number of ketones is 1. The quantitative estimate of drug-likeness (QED) is 0.602. The van der Waals surface area contributed by atoms with Crippen molar-refractivity contribution in [1.29, 1.82) is 0 Å². The number of rotatable bonds is 0. The summed E-state index contributed by atoms with van der Waals surface area (Å²) in [6.07, 6.45) is 12.2. The van der Waals surface area contributed by atoms with Crippen molar-refractivity contribution in [2.75, 3.05) is 0 Å². The molecule has 2 aliphatic carbocycles. The van der Waals surface area contributed by atoms with Crippen molar-refractivity contribution in [3.05, 3.63) is 35.5 Å². The minimum Gasteiger partial charge on any atom is -0.365 e. The van der Waals surface area contributed by atoms with E-state index in [-0.39, 0.29) is 18.0 Å². The Kier molecular flexibility index (Phi) is 2.10. The van der Waals surface area contributed by atoms with Gasteiger partial charge in [0, 0.05) is 12.0 Å². The van der Waals surface area contributed by atoms with Crippen LogP contribution in [0, 0.1) is 0 Å². The third-order valence-electron chi connectivity index (χ3n) is 3.34. The maximum atomic E-state index is 11.7. The molecule has 0 amide bonds. The molecule has 2 nitrogen and oxygen atoms in total. The molecule has 0 spiro atoms. The third-order valence-corrected chi connectivity index (χ3v) is 3.34. The van der Waals surface area contributed by atoms with Crippen LogP contribution >= 0.6 is 0 Å². The zero-order valence-corrected chi connectivity index (χ0v) is 8.61. The molecule has 1 saturated carbocycles. The molecule has 3 aliphatic rings. The highest BCUT2D eigenvalue weighted by molar-refractivity contribution is 5.97. The smallest absolute Gasteiger partial charge is 0.161 e. The summed E-state index contributed by atoms with van der Waals surface area (Å²) in [6.45, 7) is 0. The van der Waals surface area contributed by atoms with Gasteiger partial charge in [-0.2, -0.15) is 0 Å². The normalized spacial score (nSPS) is 34.0. The van der Waals surface area contributed by atoms with Gasteiger partial charge in [0.2, 0.25) is 0 Å². The van der Waals surface area contributed by atoms with E-state index in [1.807, 2.05) is 6.08 Å². The number of Topliss-reactive ketones (excluding diaryl/α,β-unsaturated/α-hetero) is 1. The van der Waals surface area contributed by atoms with Crippen LogP contribution in [-0.4, -0.2) is 18.0 Å². The summed E-state index contributed by atoms with van der Waals surface area (Å²) in [6, 6.07) is 0. The Bertz CT molecular complexity index is 387. The lowest BCUT2D eigenvalue weighted by Gasteiger charge is -2.34. The van der Waals surface area contributed by atoms with Crippen LogP contribution in [0.1, 0.15) is 25.7 Å². The standard InChI is InChI=1S/C13H14O2/c14-11-5-3-7-13-10(11)8-9-4-1-2-6-12(9)15-13/h1-2,4,8,12-13H,3,5-7H2. The molecule has 3 rings (SSSR count). The molecule has 78 valence electrons. The predicted molar refractivity (Wildman–Crippen MR) is 57.4 cm³/mol. The fourth-order valence-corrected chi connectivity index (χ4v) is 2.52. The van der Waals surface area contributed by atoms with Crippen molar-refractivity contribution in [3.63, 3.8) is 0 Å². The minimum absolute atomic E-state index is 0.0694. The number of carbonyl (C=O) groups excluding carboxylic acids is 1. The molecule has 1 heterocycles. The summed E-state index contributed by atoms with van der Waals surface area (Å²) in [5.41, 5.74) is 2.07. The Morgan fingerprint density at radius 3 is 3.20 bits per heavy atom. The van der Waals surface area contributed by atoms with Crippen LogP contribution < -0.4 is 0 Å². The fraction of sp³-hybridized carbons (Fsp3) is 0.462. The van der Waals surface area contributed by atoms with Gasteiger partial charge in [0.15, 0.2) is 5.78 Å². The van der Waals surface area contributed by atoms with Crippen molar-refractivity contribution < 1.29 is 9.53 Å². The van der Waals surface area contributed by atoms with Crippen molar-refractivity contribution in [2.24, 2.45) is 0 Å². The SMILES string of the molecule is O=C1CCCC2OC3CC=CC=C3C=C12. The molecule has 2 unspecified atom stereocenters. The van der Waals surface area contributed by atoms with Crippen molar-refractivity contribution in [3.8, 4) is 0 Å². The zero-order valence-electron chi connectivity index (χ0n) is 8.61. The average molecular weight is 202 g/mol. The molecule has 0 radical (unpaired) electrons. The van der Waals surface area contributed by atoms with Crippen LogP contribution in [0.5, 0.6) is 0 Å². The second-order valence-corrected chi connectivity index (χ2v) is 4.36. The van der Waals surface area contributed by atoms with Gasteiger partial charge in [-0.25, -0.2) is 0 Å². The summed E-state index contributed by atoms with van der Waals surface area (Å²) < 4.78 is 5.96. The Morgan fingerprint density at radius 2 is 2.27 bits per heavy atom. The molecule has 0 aromatic rings. The highest BCUT2D eigenvalue weighted by Crippen LogP contribution is 2.34. The van der Waals surface area contributed by atoms with Gasteiger partial charge in [-0.05, 0) is 30.9 Å². The van der Waals surface area contributed by atoms with Gasteiger partial charge >= 0.3 is 0 Å². The first kappa shape index (κ1) is 9.10. The van der Waals surface area contributed by atoms with E-state index in [0.29, 0.717) is 6.42 Å². The first-order valence-corrected chi connectivity index (χ1v) is 5.61. The van der Waals surface area contributed by atoms with Crippen LogP contribution in [-0.2, 0) is 9.53 Å². The summed E-state index contributed by atoms with van der Waals surface area (Å²) >= 11 is 0. The van der Waals surface area contributed by atoms with Gasteiger partial charge in [0.1, 0.15) is 0 Å². The van der Waals surface area contributed by atoms with Crippen molar-refractivity contribution >= 4 is 5.78 Å². The van der Waals surface area contributed by atoms with Crippen LogP contribution in [0.15, 0.2) is 35.5 Å². The summed E-state index contributed by atoms with van der Waals surface area (Å²) in [7, 11) is 0. The molecule has 15 heavy (non-hydrogen) atoms. The molecule has 0 aromatic heterocycles. The van der Waals surface area contributed by atoms with Crippen molar-refractivity contribution in [1.82, 2.24) is 0 Å². The molecule has 1 aliphatic heterocycles. The number of hydrogen-bond donors (Lipinski definition) is 0. The lowest BCUT2D eigenvalue weighted by molar-refractivity contribution is -0.119. The molecule has 0 saturated heterocycles. The third kappa shape index (κ3) is 1.49. The van der Waals surface area contributed by atoms with Gasteiger partial charge in [0.25, 0.3) is 0 Å². The van der Waals surface area contributed by atoms with E-state index in [4.69, 9.17) is 4.74 Å². The van der Waals surface area contributed by atoms with E-state index in [2.05, 4.69) is 18.2 Å². The summed E-state index contributed by atoms with van der Waals surface area (Å²) in [5, 5.41) is 0. The number of ether oxygens (including phenoxy) is 1. The van der Waals surface area contributed by atoms with E-state index >= 15 is 0 Å². The Hall–Kier alpha value is -1.15. The summed E-state index contributed by atoms with van der Waals surface area (Å²) in [5.74, 6) is 0.278. The van der Waals surface area contributed by atoms with E-state index in [9.17, 15) is 4.79 Å². The fourth-order valence-electron chi connectivity index (χ4n) is 2.52. The molecule has 2 atom stereocenters. The molecule has 0 aromatic carbocycles. The van der Waals surface area contributed by atoms with Crippen LogP contribution in [0.3, 0.4) is 0 Å². The van der Waals surface area contributed by atoms with E-state index in [0.717, 1.165) is 24.8 Å². The lowest BCUT2D eigenvalue weighted by Crippen LogP contribution is -2.35. The van der Waals surface area contributed by atoms with Gasteiger partial charge < -0.3 is 4.74 Å². The maximum absolute atomic E-state index is 11.7. The first-order chi connectivity index (χ1) is 7.34. The van der Waals surface area contributed by atoms with Gasteiger partial charge in [0.05, 0.1) is 12.2 Å². The minimum atomic E-state index is 0.0694. The van der Waals surface area contributed by atoms with Gasteiger partial charge in [-0.15, -0.1) is 0 Å². The van der Waals surface area contributed by atoms with Crippen LogP contribution in [0.2, 0.25) is 0 Å². The Balaban J connectivity index is 1.98. The number of allylic oxidation sites excluding steroid dienone is 2. The molecule has 0 bridgehead atoms. The average Bonchev–Trinajstić information content (AvgIpc) is 2.27. The highest BCUT2D eigenvalue weighted by Gasteiger charge is 2.33. The largest absolute Gasteiger partial charge is 0.365 e. The number of carbonyl (C=O) groups is 1. The second-order valence-electron chi connectivity index (χ2n) is 4.36. The zero-order chi connectivity index (χ0) is 10.3. The van der Waals surface area contributed by atoms with E-state index in [1.54, 1.807) is 0 Å². The molecule has 1 fully saturated rings. The monoisotopic (exact) mass is 202 g/mol. The van der Waals surface area contributed by atoms with E-state index in [1.165, 1.54) is 5.57 Å². The van der Waals surface area contributed by atoms with Crippen LogP contribution in [0.4, 0.5) is 0 Å². The topological polar surface area (TPSA) is 26.3 Å². The van der Waals surface area contributed by atoms with E-state index < -0.39 is 0 Å². The van der Waals surface area contributed by atoms with Crippen molar-refractivity contribution in [2.45, 2.75) is 37.9 Å². The molecular weight excluding hydrogens is 188 g/mol. The molecule has 0 N–H and O–H groups in total. The van der Waals surface area contributed by atoms with Crippen LogP contribution in [0.25, 0.3) is 0 Å². The lowest BCUT2D eigenvalue weighted by atomic mass is 9.85. The first-order valence-electron chi connectivity index (χ1n) is 5.61. The van der Waals surface area contributed by atoms with Gasteiger partial charge in [-0.3, -0.25) is 4.79 Å². The summed E-state index contributed by atoms with van der Waals surface area (Å²) in [4.78, 5) is 11.7.